The van der Waals surface area contributed by atoms with Crippen molar-refractivity contribution in [1.82, 2.24) is 25.5 Å². The molecule has 0 amide bonds. The summed E-state index contributed by atoms with van der Waals surface area (Å²) >= 11 is 0. The summed E-state index contributed by atoms with van der Waals surface area (Å²) in [6, 6.07) is 5.76. The van der Waals surface area contributed by atoms with Crippen LogP contribution in [0.15, 0.2) is 18.2 Å². The zero-order valence-corrected chi connectivity index (χ0v) is 12.1. The zero-order chi connectivity index (χ0) is 14.5. The molecule has 0 bridgehead atoms. The van der Waals surface area contributed by atoms with Crippen LogP contribution in [0.25, 0.3) is 5.69 Å². The standard InChI is InChI=1S/C14H19N5O2/c1-2-6-15-10-14-16-17-18-19(14)11-4-5-12-13(9-11)21-8-3-7-20-12/h4-5,9,15H,2-3,6-8,10H2,1H3. The fourth-order valence-electron chi connectivity index (χ4n) is 2.18. The van der Waals surface area contributed by atoms with Crippen molar-refractivity contribution in [2.45, 2.75) is 26.3 Å². The summed E-state index contributed by atoms with van der Waals surface area (Å²) in [5.74, 6) is 2.29. The molecule has 0 unspecified atom stereocenters. The molecule has 7 nitrogen and oxygen atoms in total. The van der Waals surface area contributed by atoms with Crippen molar-refractivity contribution in [2.24, 2.45) is 0 Å². The summed E-state index contributed by atoms with van der Waals surface area (Å²) in [4.78, 5) is 0. The largest absolute Gasteiger partial charge is 0.490 e. The van der Waals surface area contributed by atoms with Crippen LogP contribution in [0.3, 0.4) is 0 Å². The molecule has 0 aliphatic carbocycles. The number of nitrogens with zero attached hydrogens (tertiary/aromatic N) is 4. The van der Waals surface area contributed by atoms with E-state index < -0.39 is 0 Å². The van der Waals surface area contributed by atoms with Crippen molar-refractivity contribution in [3.05, 3.63) is 24.0 Å². The number of aromatic nitrogens is 4. The minimum Gasteiger partial charge on any atom is -0.490 e. The molecular weight excluding hydrogens is 270 g/mol. The van der Waals surface area contributed by atoms with Crippen LogP contribution in [0, 0.1) is 0 Å². The molecule has 1 aliphatic heterocycles. The Balaban J connectivity index is 1.84. The molecule has 1 aromatic heterocycles. The maximum atomic E-state index is 5.70. The molecule has 0 radical (unpaired) electrons. The van der Waals surface area contributed by atoms with Crippen LogP contribution in [0.2, 0.25) is 0 Å². The first kappa shape index (κ1) is 13.8. The Morgan fingerprint density at radius 3 is 2.95 bits per heavy atom. The van der Waals surface area contributed by atoms with Gasteiger partial charge in [-0.2, -0.15) is 4.68 Å². The second kappa shape index (κ2) is 6.53. The molecule has 1 aliphatic rings. The maximum Gasteiger partial charge on any atom is 0.170 e. The van der Waals surface area contributed by atoms with Gasteiger partial charge in [-0.05, 0) is 35.5 Å². The molecular formula is C14H19N5O2. The minimum absolute atomic E-state index is 0.634. The molecule has 0 spiro atoms. The lowest BCUT2D eigenvalue weighted by molar-refractivity contribution is 0.297. The summed E-state index contributed by atoms with van der Waals surface area (Å²) < 4.78 is 13.1. The van der Waals surface area contributed by atoms with Crippen LogP contribution in [0.5, 0.6) is 11.5 Å². The van der Waals surface area contributed by atoms with E-state index in [4.69, 9.17) is 9.47 Å². The highest BCUT2D eigenvalue weighted by atomic mass is 16.5. The quantitative estimate of drug-likeness (QED) is 0.837. The lowest BCUT2D eigenvalue weighted by Crippen LogP contribution is -2.17. The number of benzene rings is 1. The Labute approximate surface area is 123 Å². The Morgan fingerprint density at radius 2 is 2.10 bits per heavy atom. The van der Waals surface area contributed by atoms with Crippen LogP contribution in [0.1, 0.15) is 25.6 Å². The molecule has 1 aromatic carbocycles. The monoisotopic (exact) mass is 289 g/mol. The average molecular weight is 289 g/mol. The molecule has 2 heterocycles. The van der Waals surface area contributed by atoms with E-state index >= 15 is 0 Å². The van der Waals surface area contributed by atoms with Gasteiger partial charge in [0.1, 0.15) is 0 Å². The van der Waals surface area contributed by atoms with Crippen molar-refractivity contribution >= 4 is 0 Å². The number of nitrogens with one attached hydrogen (secondary N) is 1. The summed E-state index contributed by atoms with van der Waals surface area (Å²) in [5, 5.41) is 15.2. The van der Waals surface area contributed by atoms with Gasteiger partial charge in [-0.1, -0.05) is 6.92 Å². The summed E-state index contributed by atoms with van der Waals surface area (Å²) in [6.07, 6.45) is 1.96. The highest BCUT2D eigenvalue weighted by Crippen LogP contribution is 2.31. The number of ether oxygens (including phenoxy) is 2. The average Bonchev–Trinajstić information content (AvgIpc) is 2.84. The van der Waals surface area contributed by atoms with E-state index in [0.29, 0.717) is 19.8 Å². The topological polar surface area (TPSA) is 74.1 Å². The van der Waals surface area contributed by atoms with Gasteiger partial charge in [-0.25, -0.2) is 0 Å². The van der Waals surface area contributed by atoms with Gasteiger partial charge >= 0.3 is 0 Å². The van der Waals surface area contributed by atoms with E-state index in [-0.39, 0.29) is 0 Å². The number of hydrogen-bond acceptors (Lipinski definition) is 6. The number of fused-ring (bicyclic) bond motifs is 1. The van der Waals surface area contributed by atoms with E-state index in [1.807, 2.05) is 18.2 Å². The SMILES string of the molecule is CCCNCc1nnnn1-c1ccc2c(c1)OCCCO2. The molecule has 3 rings (SSSR count). The number of rotatable bonds is 5. The van der Waals surface area contributed by atoms with Gasteiger partial charge in [0.05, 0.1) is 25.4 Å². The van der Waals surface area contributed by atoms with Crippen molar-refractivity contribution in [2.75, 3.05) is 19.8 Å². The van der Waals surface area contributed by atoms with Crippen LogP contribution >= 0.6 is 0 Å². The minimum atomic E-state index is 0.634. The molecule has 2 aromatic rings. The highest BCUT2D eigenvalue weighted by Gasteiger charge is 2.14. The number of hydrogen-bond donors (Lipinski definition) is 1. The van der Waals surface area contributed by atoms with Gasteiger partial charge in [0.15, 0.2) is 17.3 Å². The highest BCUT2D eigenvalue weighted by molar-refractivity contribution is 5.49. The third-order valence-electron chi connectivity index (χ3n) is 3.22. The van der Waals surface area contributed by atoms with E-state index in [0.717, 1.165) is 42.4 Å². The number of tetrazole rings is 1. The lowest BCUT2D eigenvalue weighted by Gasteiger charge is -2.10. The molecule has 21 heavy (non-hydrogen) atoms. The summed E-state index contributed by atoms with van der Waals surface area (Å²) in [5.41, 5.74) is 0.873. The van der Waals surface area contributed by atoms with E-state index in [9.17, 15) is 0 Å². The van der Waals surface area contributed by atoms with Crippen LogP contribution < -0.4 is 14.8 Å². The molecule has 7 heteroatoms. The smallest absolute Gasteiger partial charge is 0.170 e. The van der Waals surface area contributed by atoms with Gasteiger partial charge in [0.2, 0.25) is 0 Å². The summed E-state index contributed by atoms with van der Waals surface area (Å²) in [6.45, 7) is 5.05. The first-order chi connectivity index (χ1) is 10.4. The van der Waals surface area contributed by atoms with Gasteiger partial charge in [0, 0.05) is 12.5 Å². The molecule has 1 N–H and O–H groups in total. The predicted molar refractivity (Wildman–Crippen MR) is 76.8 cm³/mol. The van der Waals surface area contributed by atoms with Crippen LogP contribution in [0.4, 0.5) is 0 Å². The third-order valence-corrected chi connectivity index (χ3v) is 3.22. The van der Waals surface area contributed by atoms with Crippen molar-refractivity contribution in [3.8, 4) is 17.2 Å². The van der Waals surface area contributed by atoms with Crippen molar-refractivity contribution in [1.29, 1.82) is 0 Å². The molecule has 0 atom stereocenters. The molecule has 112 valence electrons. The maximum absolute atomic E-state index is 5.70. The van der Waals surface area contributed by atoms with E-state index in [1.165, 1.54) is 0 Å². The Hall–Kier alpha value is -2.15. The van der Waals surface area contributed by atoms with Crippen LogP contribution in [-0.4, -0.2) is 40.0 Å². The predicted octanol–water partition coefficient (Wildman–Crippen LogP) is 1.32. The molecule has 0 saturated heterocycles. The Kier molecular flexibility index (Phi) is 4.30. The Morgan fingerprint density at radius 1 is 1.24 bits per heavy atom. The lowest BCUT2D eigenvalue weighted by atomic mass is 10.2. The molecule has 0 saturated carbocycles. The van der Waals surface area contributed by atoms with Gasteiger partial charge in [-0.15, -0.1) is 5.10 Å². The van der Waals surface area contributed by atoms with Gasteiger partial charge in [0.25, 0.3) is 0 Å². The van der Waals surface area contributed by atoms with Crippen LogP contribution in [-0.2, 0) is 6.54 Å². The fraction of sp³-hybridized carbons (Fsp3) is 0.500. The zero-order valence-electron chi connectivity index (χ0n) is 12.1. The second-order valence-electron chi connectivity index (χ2n) is 4.87. The molecule has 0 fully saturated rings. The van der Waals surface area contributed by atoms with Gasteiger partial charge in [-0.3, -0.25) is 0 Å². The second-order valence-corrected chi connectivity index (χ2v) is 4.87. The van der Waals surface area contributed by atoms with E-state index in [2.05, 4.69) is 27.8 Å². The Bertz CT molecular complexity index is 599. The fourth-order valence-corrected chi connectivity index (χ4v) is 2.18. The van der Waals surface area contributed by atoms with Gasteiger partial charge < -0.3 is 14.8 Å². The third kappa shape index (κ3) is 3.13. The van der Waals surface area contributed by atoms with Crippen molar-refractivity contribution in [3.63, 3.8) is 0 Å². The van der Waals surface area contributed by atoms with E-state index in [1.54, 1.807) is 4.68 Å². The normalized spacial score (nSPS) is 14.0. The first-order valence-electron chi connectivity index (χ1n) is 7.26. The summed E-state index contributed by atoms with van der Waals surface area (Å²) in [7, 11) is 0. The first-order valence-corrected chi connectivity index (χ1v) is 7.26. The van der Waals surface area contributed by atoms with Crippen molar-refractivity contribution < 1.29 is 9.47 Å².